The molecule has 3 N–H and O–H groups in total. The second kappa shape index (κ2) is 7.91. The van der Waals surface area contributed by atoms with Gasteiger partial charge in [-0.2, -0.15) is 5.10 Å². The molecule has 1 aliphatic carbocycles. The van der Waals surface area contributed by atoms with Crippen LogP contribution in [0.2, 0.25) is 0 Å². The second-order valence-corrected chi connectivity index (χ2v) is 8.83. The van der Waals surface area contributed by atoms with Crippen LogP contribution in [0.5, 0.6) is 0 Å². The standard InChI is InChI=1S/C21H29N3O4/c1-21(2,3)18(20(27)28)22-19(26)17-15-6-4-5-7-16(15)24(23-17)12-13-8-10-14(25)11-9-13/h4-7,13-14,18,25H,8-12H2,1-3H3,(H,22,26)(H,27,28)/t13?,14?,18-/m1/s1. The quantitative estimate of drug-likeness (QED) is 0.732. The van der Waals surface area contributed by atoms with Crippen LogP contribution in [-0.4, -0.2) is 44.0 Å². The molecule has 0 aliphatic heterocycles. The van der Waals surface area contributed by atoms with Crippen molar-refractivity contribution < 1.29 is 19.8 Å². The summed E-state index contributed by atoms with van der Waals surface area (Å²) < 4.78 is 1.85. The van der Waals surface area contributed by atoms with E-state index in [2.05, 4.69) is 10.4 Å². The highest BCUT2D eigenvalue weighted by molar-refractivity contribution is 6.06. The topological polar surface area (TPSA) is 104 Å². The van der Waals surface area contributed by atoms with E-state index >= 15 is 0 Å². The van der Waals surface area contributed by atoms with Gasteiger partial charge >= 0.3 is 5.97 Å². The summed E-state index contributed by atoms with van der Waals surface area (Å²) in [5, 5.41) is 27.1. The molecule has 1 saturated carbocycles. The molecule has 7 heteroatoms. The summed E-state index contributed by atoms with van der Waals surface area (Å²) in [6.45, 7) is 6.02. The van der Waals surface area contributed by atoms with Gasteiger partial charge in [0.1, 0.15) is 6.04 Å². The normalized spacial score (nSPS) is 21.4. The molecule has 7 nitrogen and oxygen atoms in total. The number of hydrogen-bond donors (Lipinski definition) is 3. The first kappa shape index (κ1) is 20.3. The molecule has 28 heavy (non-hydrogen) atoms. The van der Waals surface area contributed by atoms with Crippen LogP contribution in [0.25, 0.3) is 10.9 Å². The molecule has 1 heterocycles. The molecule has 0 unspecified atom stereocenters. The van der Waals surface area contributed by atoms with Crippen molar-refractivity contribution in [3.8, 4) is 0 Å². The summed E-state index contributed by atoms with van der Waals surface area (Å²) in [5.41, 5.74) is 0.492. The van der Waals surface area contributed by atoms with Gasteiger partial charge in [0.2, 0.25) is 0 Å². The summed E-state index contributed by atoms with van der Waals surface area (Å²) in [6.07, 6.45) is 3.24. The third-order valence-corrected chi connectivity index (χ3v) is 5.51. The molecule has 0 spiro atoms. The largest absolute Gasteiger partial charge is 0.480 e. The van der Waals surface area contributed by atoms with Crippen LogP contribution in [0.3, 0.4) is 0 Å². The van der Waals surface area contributed by atoms with Crippen LogP contribution in [0.4, 0.5) is 0 Å². The molecule has 0 radical (unpaired) electrons. The van der Waals surface area contributed by atoms with Gasteiger partial charge in [-0.1, -0.05) is 39.0 Å². The van der Waals surface area contributed by atoms with Crippen LogP contribution >= 0.6 is 0 Å². The summed E-state index contributed by atoms with van der Waals surface area (Å²) in [4.78, 5) is 24.5. The van der Waals surface area contributed by atoms with Crippen molar-refractivity contribution in [3.63, 3.8) is 0 Å². The Morgan fingerprint density at radius 3 is 2.46 bits per heavy atom. The van der Waals surface area contributed by atoms with Crippen molar-refractivity contribution in [2.24, 2.45) is 11.3 Å². The van der Waals surface area contributed by atoms with Gasteiger partial charge in [0.15, 0.2) is 5.69 Å². The van der Waals surface area contributed by atoms with Gasteiger partial charge in [0, 0.05) is 11.9 Å². The number of aromatic nitrogens is 2. The lowest BCUT2D eigenvalue weighted by atomic mass is 9.86. The number of rotatable bonds is 5. The Labute approximate surface area is 164 Å². The Morgan fingerprint density at radius 1 is 1.21 bits per heavy atom. The minimum Gasteiger partial charge on any atom is -0.480 e. The molecule has 1 aliphatic rings. The summed E-state index contributed by atoms with van der Waals surface area (Å²) in [7, 11) is 0. The molecule has 0 bridgehead atoms. The number of nitrogens with zero attached hydrogens (tertiary/aromatic N) is 2. The van der Waals surface area contributed by atoms with Gasteiger partial charge in [0.05, 0.1) is 11.6 Å². The smallest absolute Gasteiger partial charge is 0.326 e. The van der Waals surface area contributed by atoms with E-state index in [4.69, 9.17) is 0 Å². The molecule has 2 aromatic rings. The molecule has 1 aromatic heterocycles. The second-order valence-electron chi connectivity index (χ2n) is 8.83. The van der Waals surface area contributed by atoms with Crippen LogP contribution in [0.1, 0.15) is 56.9 Å². The molecular formula is C21H29N3O4. The molecule has 0 saturated heterocycles. The van der Waals surface area contributed by atoms with Gasteiger partial charge in [-0.25, -0.2) is 4.79 Å². The molecule has 1 aromatic carbocycles. The number of para-hydroxylation sites is 1. The Balaban J connectivity index is 1.87. The van der Waals surface area contributed by atoms with E-state index in [1.165, 1.54) is 0 Å². The number of aliphatic carboxylic acids is 1. The van der Waals surface area contributed by atoms with Gasteiger partial charge in [-0.05, 0) is 43.1 Å². The molecule has 1 amide bonds. The van der Waals surface area contributed by atoms with E-state index < -0.39 is 23.3 Å². The predicted octanol–water partition coefficient (Wildman–Crippen LogP) is 2.82. The van der Waals surface area contributed by atoms with E-state index in [9.17, 15) is 19.8 Å². The number of benzene rings is 1. The highest BCUT2D eigenvalue weighted by Crippen LogP contribution is 2.28. The molecular weight excluding hydrogens is 358 g/mol. The fraction of sp³-hybridized carbons (Fsp3) is 0.571. The fourth-order valence-electron chi connectivity index (χ4n) is 3.85. The first-order valence-electron chi connectivity index (χ1n) is 9.84. The average Bonchev–Trinajstić information content (AvgIpc) is 2.99. The van der Waals surface area contributed by atoms with Crippen molar-refractivity contribution in [2.75, 3.05) is 0 Å². The summed E-state index contributed by atoms with van der Waals surface area (Å²) in [5.74, 6) is -1.13. The Bertz CT molecular complexity index is 860. The van der Waals surface area contributed by atoms with Crippen molar-refractivity contribution in [2.45, 2.75) is 65.1 Å². The minimum absolute atomic E-state index is 0.211. The number of aliphatic hydroxyl groups is 1. The first-order valence-corrected chi connectivity index (χ1v) is 9.84. The third kappa shape index (κ3) is 4.35. The summed E-state index contributed by atoms with van der Waals surface area (Å²) >= 11 is 0. The number of nitrogens with one attached hydrogen (secondary N) is 1. The van der Waals surface area contributed by atoms with Gasteiger partial charge in [0.25, 0.3) is 5.91 Å². The predicted molar refractivity (Wildman–Crippen MR) is 106 cm³/mol. The van der Waals surface area contributed by atoms with Crippen LogP contribution in [-0.2, 0) is 11.3 Å². The first-order chi connectivity index (χ1) is 13.2. The zero-order valence-electron chi connectivity index (χ0n) is 16.7. The number of carbonyl (C=O) groups is 2. The maximum absolute atomic E-state index is 12.9. The van der Waals surface area contributed by atoms with E-state index in [0.29, 0.717) is 17.8 Å². The highest BCUT2D eigenvalue weighted by Gasteiger charge is 2.34. The number of carbonyl (C=O) groups excluding carboxylic acids is 1. The van der Waals surface area contributed by atoms with Crippen molar-refractivity contribution in [1.82, 2.24) is 15.1 Å². The van der Waals surface area contributed by atoms with Crippen LogP contribution in [0.15, 0.2) is 24.3 Å². The number of aliphatic hydroxyl groups excluding tert-OH is 1. The number of carboxylic acids is 1. The summed E-state index contributed by atoms with van der Waals surface area (Å²) in [6, 6.07) is 6.51. The Kier molecular flexibility index (Phi) is 5.74. The van der Waals surface area contributed by atoms with Gasteiger partial charge in [-0.15, -0.1) is 0 Å². The molecule has 152 valence electrons. The van der Waals surface area contributed by atoms with Crippen molar-refractivity contribution in [1.29, 1.82) is 0 Å². The van der Waals surface area contributed by atoms with Crippen LogP contribution in [0, 0.1) is 11.3 Å². The lowest BCUT2D eigenvalue weighted by molar-refractivity contribution is -0.142. The number of hydrogen-bond acceptors (Lipinski definition) is 4. The monoisotopic (exact) mass is 387 g/mol. The fourth-order valence-corrected chi connectivity index (χ4v) is 3.85. The lowest BCUT2D eigenvalue weighted by Gasteiger charge is -2.27. The van der Waals surface area contributed by atoms with E-state index in [1.54, 1.807) is 20.8 Å². The molecule has 3 rings (SSSR count). The van der Waals surface area contributed by atoms with Crippen molar-refractivity contribution in [3.05, 3.63) is 30.0 Å². The maximum Gasteiger partial charge on any atom is 0.326 e. The number of fused-ring (bicyclic) bond motifs is 1. The molecule has 1 fully saturated rings. The van der Waals surface area contributed by atoms with E-state index in [0.717, 1.165) is 31.2 Å². The zero-order valence-corrected chi connectivity index (χ0v) is 16.7. The van der Waals surface area contributed by atoms with Crippen molar-refractivity contribution >= 4 is 22.8 Å². The minimum atomic E-state index is -1.06. The average molecular weight is 387 g/mol. The van der Waals surface area contributed by atoms with E-state index in [1.807, 2.05) is 28.9 Å². The maximum atomic E-state index is 12.9. The van der Waals surface area contributed by atoms with Gasteiger partial charge in [-0.3, -0.25) is 9.48 Å². The molecule has 1 atom stereocenters. The third-order valence-electron chi connectivity index (χ3n) is 5.51. The SMILES string of the molecule is CC(C)(C)[C@H](NC(=O)c1nn(CC2CCC(O)CC2)c2ccccc12)C(=O)O. The van der Waals surface area contributed by atoms with Gasteiger partial charge < -0.3 is 15.5 Å². The van der Waals surface area contributed by atoms with Crippen LogP contribution < -0.4 is 5.32 Å². The number of carboxylic acid groups (broad SMARTS) is 1. The number of amides is 1. The Hall–Kier alpha value is -2.41. The van der Waals surface area contributed by atoms with E-state index in [-0.39, 0.29) is 11.8 Å². The lowest BCUT2D eigenvalue weighted by Crippen LogP contribution is -2.49. The Morgan fingerprint density at radius 2 is 1.86 bits per heavy atom. The highest BCUT2D eigenvalue weighted by atomic mass is 16.4. The zero-order chi connectivity index (χ0) is 20.5.